The average molecular weight is 210 g/mol. The van der Waals surface area contributed by atoms with Crippen molar-refractivity contribution < 1.29 is 0 Å². The van der Waals surface area contributed by atoms with Crippen LogP contribution in [-0.2, 0) is 7.05 Å². The highest BCUT2D eigenvalue weighted by atomic mass is 35.5. The van der Waals surface area contributed by atoms with Crippen LogP contribution in [0.2, 0.25) is 0 Å². The summed E-state index contributed by atoms with van der Waals surface area (Å²) in [5, 5.41) is 4.11. The van der Waals surface area contributed by atoms with E-state index in [1.165, 1.54) is 0 Å². The van der Waals surface area contributed by atoms with Gasteiger partial charge in [0, 0.05) is 36.8 Å². The Bertz CT molecular complexity index is 353. The van der Waals surface area contributed by atoms with Gasteiger partial charge in [0.15, 0.2) is 0 Å². The number of alkyl halides is 1. The zero-order valence-corrected chi connectivity index (χ0v) is 8.72. The molecule has 0 aromatic carbocycles. The van der Waals surface area contributed by atoms with Crippen LogP contribution in [0.5, 0.6) is 0 Å². The van der Waals surface area contributed by atoms with Crippen LogP contribution in [-0.4, -0.2) is 21.9 Å². The van der Waals surface area contributed by atoms with Crippen molar-refractivity contribution in [2.24, 2.45) is 18.0 Å². The van der Waals surface area contributed by atoms with Gasteiger partial charge in [-0.15, -0.1) is 11.6 Å². The van der Waals surface area contributed by atoms with Crippen LogP contribution < -0.4 is 0 Å². The van der Waals surface area contributed by atoms with Gasteiger partial charge in [-0.25, -0.2) is 0 Å². The molecule has 74 valence electrons. The van der Waals surface area contributed by atoms with E-state index in [1.54, 1.807) is 4.68 Å². The van der Waals surface area contributed by atoms with Gasteiger partial charge < -0.3 is 0 Å². The third-order valence-corrected chi connectivity index (χ3v) is 2.58. The van der Waals surface area contributed by atoms with Crippen LogP contribution in [0, 0.1) is 5.92 Å². The first-order chi connectivity index (χ1) is 6.79. The first kappa shape index (κ1) is 9.46. The Balaban J connectivity index is 2.12. The zero-order valence-electron chi connectivity index (χ0n) is 7.97. The van der Waals surface area contributed by atoms with Gasteiger partial charge in [0.1, 0.15) is 0 Å². The highest BCUT2D eigenvalue weighted by Gasteiger charge is 2.12. The normalized spacial score (nSPS) is 25.6. The number of dihydropyridines is 1. The molecule has 4 heteroatoms. The van der Waals surface area contributed by atoms with E-state index in [-0.39, 0.29) is 12.0 Å². The van der Waals surface area contributed by atoms with Crippen molar-refractivity contribution in [3.8, 4) is 0 Å². The smallest absolute Gasteiger partial charge is 0.0957 e. The molecule has 0 bridgehead atoms. The predicted octanol–water partition coefficient (Wildman–Crippen LogP) is 1.96. The average Bonchev–Trinajstić information content (AvgIpc) is 2.65. The second kappa shape index (κ2) is 3.96. The van der Waals surface area contributed by atoms with Crippen molar-refractivity contribution in [2.75, 3.05) is 5.88 Å². The van der Waals surface area contributed by atoms with E-state index in [0.29, 0.717) is 5.88 Å². The molecule has 0 radical (unpaired) electrons. The van der Waals surface area contributed by atoms with Crippen molar-refractivity contribution in [2.45, 2.75) is 6.04 Å². The fourth-order valence-corrected chi connectivity index (χ4v) is 1.61. The number of rotatable bonds is 2. The third kappa shape index (κ3) is 1.87. The molecule has 0 spiro atoms. The van der Waals surface area contributed by atoms with E-state index in [0.717, 1.165) is 5.56 Å². The van der Waals surface area contributed by atoms with E-state index < -0.39 is 0 Å². The monoisotopic (exact) mass is 209 g/mol. The summed E-state index contributed by atoms with van der Waals surface area (Å²) < 4.78 is 1.78. The number of aryl methyl sites for hydroxylation is 1. The summed E-state index contributed by atoms with van der Waals surface area (Å²) in [5.41, 5.74) is 1.12. The van der Waals surface area contributed by atoms with Crippen LogP contribution in [0.1, 0.15) is 11.6 Å². The van der Waals surface area contributed by atoms with E-state index >= 15 is 0 Å². The maximum Gasteiger partial charge on any atom is 0.0957 e. The number of allylic oxidation sites excluding steroid dienone is 1. The second-order valence-corrected chi connectivity index (χ2v) is 3.70. The molecule has 0 N–H and O–H groups in total. The molecule has 0 saturated carbocycles. The summed E-state index contributed by atoms with van der Waals surface area (Å²) in [6, 6.07) is 0.114. The van der Waals surface area contributed by atoms with Crippen LogP contribution in [0.4, 0.5) is 0 Å². The van der Waals surface area contributed by atoms with E-state index in [9.17, 15) is 0 Å². The molecule has 2 unspecified atom stereocenters. The van der Waals surface area contributed by atoms with Gasteiger partial charge in [-0.05, 0) is 0 Å². The van der Waals surface area contributed by atoms with E-state index in [1.807, 2.05) is 25.7 Å². The SMILES string of the molecule is Cn1cc(C2C=CC(CCl)C=N2)cn1. The Labute approximate surface area is 88.1 Å². The summed E-state index contributed by atoms with van der Waals surface area (Å²) in [7, 11) is 1.90. The van der Waals surface area contributed by atoms with Crippen LogP contribution in [0.15, 0.2) is 29.5 Å². The summed E-state index contributed by atoms with van der Waals surface area (Å²) in [6.45, 7) is 0. The number of nitrogens with zero attached hydrogens (tertiary/aromatic N) is 3. The number of hydrogen-bond donors (Lipinski definition) is 0. The summed E-state index contributed by atoms with van der Waals surface area (Å²) in [4.78, 5) is 4.42. The molecule has 0 amide bonds. The van der Waals surface area contributed by atoms with Crippen LogP contribution >= 0.6 is 11.6 Å². The second-order valence-electron chi connectivity index (χ2n) is 3.39. The van der Waals surface area contributed by atoms with E-state index in [2.05, 4.69) is 22.2 Å². The van der Waals surface area contributed by atoms with Crippen molar-refractivity contribution in [3.05, 3.63) is 30.1 Å². The lowest BCUT2D eigenvalue weighted by atomic mass is 10.0. The molecular formula is C10H12ClN3. The largest absolute Gasteiger partial charge is 0.284 e. The Morgan fingerprint density at radius 3 is 2.86 bits per heavy atom. The van der Waals surface area contributed by atoms with E-state index in [4.69, 9.17) is 11.6 Å². The molecule has 1 aromatic heterocycles. The standard InChI is InChI=1S/C10H12ClN3/c1-14-7-9(6-13-14)10-3-2-8(4-11)5-12-10/h2-3,5-8,10H,4H2,1H3. The topological polar surface area (TPSA) is 30.2 Å². The van der Waals surface area contributed by atoms with Crippen molar-refractivity contribution in [1.29, 1.82) is 0 Å². The lowest BCUT2D eigenvalue weighted by Crippen LogP contribution is -2.06. The summed E-state index contributed by atoms with van der Waals surface area (Å²) >= 11 is 5.72. The van der Waals surface area contributed by atoms with Gasteiger partial charge in [-0.1, -0.05) is 12.2 Å². The molecule has 14 heavy (non-hydrogen) atoms. The molecule has 2 atom stereocenters. The Morgan fingerprint density at radius 2 is 2.36 bits per heavy atom. The fourth-order valence-electron chi connectivity index (χ4n) is 1.43. The van der Waals surface area contributed by atoms with Crippen molar-refractivity contribution in [3.63, 3.8) is 0 Å². The number of aliphatic imine (C=N–C) groups is 1. The van der Waals surface area contributed by atoms with Gasteiger partial charge in [0.25, 0.3) is 0 Å². The van der Waals surface area contributed by atoms with Gasteiger partial charge in [-0.3, -0.25) is 9.67 Å². The summed E-state index contributed by atoms with van der Waals surface area (Å²) in [5.74, 6) is 0.879. The molecule has 0 saturated heterocycles. The minimum atomic E-state index is 0.114. The number of hydrogen-bond acceptors (Lipinski definition) is 2. The Kier molecular flexibility index (Phi) is 2.68. The highest BCUT2D eigenvalue weighted by molar-refractivity contribution is 6.19. The Hall–Kier alpha value is -1.09. The first-order valence-electron chi connectivity index (χ1n) is 4.55. The predicted molar refractivity (Wildman–Crippen MR) is 57.8 cm³/mol. The molecule has 0 fully saturated rings. The number of halogens is 1. The molecular weight excluding hydrogens is 198 g/mol. The van der Waals surface area contributed by atoms with Gasteiger partial charge in [0.2, 0.25) is 0 Å². The molecule has 3 nitrogen and oxygen atoms in total. The van der Waals surface area contributed by atoms with Crippen molar-refractivity contribution in [1.82, 2.24) is 9.78 Å². The quantitative estimate of drug-likeness (QED) is 0.541. The molecule has 0 aliphatic carbocycles. The van der Waals surface area contributed by atoms with Crippen LogP contribution in [0.25, 0.3) is 0 Å². The molecule has 2 heterocycles. The minimum absolute atomic E-state index is 0.114. The van der Waals surface area contributed by atoms with Crippen LogP contribution in [0.3, 0.4) is 0 Å². The maximum atomic E-state index is 5.72. The highest BCUT2D eigenvalue weighted by Crippen LogP contribution is 2.22. The van der Waals surface area contributed by atoms with Gasteiger partial charge in [0.05, 0.1) is 12.2 Å². The zero-order chi connectivity index (χ0) is 9.97. The molecule has 1 aliphatic rings. The molecule has 1 aromatic rings. The van der Waals surface area contributed by atoms with Gasteiger partial charge >= 0.3 is 0 Å². The third-order valence-electron chi connectivity index (χ3n) is 2.22. The molecule has 1 aliphatic heterocycles. The summed E-state index contributed by atoms with van der Waals surface area (Å²) in [6.07, 6.45) is 9.90. The minimum Gasteiger partial charge on any atom is -0.284 e. The number of aromatic nitrogens is 2. The first-order valence-corrected chi connectivity index (χ1v) is 5.09. The lowest BCUT2D eigenvalue weighted by Gasteiger charge is -2.12. The molecule has 2 rings (SSSR count). The Morgan fingerprint density at radius 1 is 1.50 bits per heavy atom. The van der Waals surface area contributed by atoms with Crippen molar-refractivity contribution >= 4 is 17.8 Å². The fraction of sp³-hybridized carbons (Fsp3) is 0.400. The maximum absolute atomic E-state index is 5.72. The lowest BCUT2D eigenvalue weighted by molar-refractivity contribution is 0.765. The van der Waals surface area contributed by atoms with Gasteiger partial charge in [-0.2, -0.15) is 5.10 Å².